The van der Waals surface area contributed by atoms with E-state index in [0.29, 0.717) is 68.6 Å². The highest BCUT2D eigenvalue weighted by Crippen LogP contribution is 2.71. The molecular formula is C61H64N4O8. The van der Waals surface area contributed by atoms with E-state index < -0.39 is 36.3 Å². The molecule has 12 heteroatoms. The highest BCUT2D eigenvalue weighted by atomic mass is 16.6. The van der Waals surface area contributed by atoms with Gasteiger partial charge in [-0.3, -0.25) is 0 Å². The van der Waals surface area contributed by atoms with Crippen molar-refractivity contribution in [2.24, 2.45) is 40.9 Å². The number of methoxy groups -OCH3 is 2. The Kier molecular flexibility index (Phi) is 10.6. The number of ether oxygens (including phenoxy) is 8. The van der Waals surface area contributed by atoms with Crippen LogP contribution in [0.25, 0.3) is 10.8 Å². The predicted molar refractivity (Wildman–Crippen MR) is 269 cm³/mol. The molecule has 376 valence electrons. The molecule has 73 heavy (non-hydrogen) atoms. The molecule has 0 radical (unpaired) electrons. The number of fused-ring (bicyclic) bond motifs is 12. The first kappa shape index (κ1) is 46.9. The van der Waals surface area contributed by atoms with Gasteiger partial charge in [0.1, 0.15) is 59.5 Å². The van der Waals surface area contributed by atoms with E-state index in [9.17, 15) is 21.0 Å². The third-order valence-corrected chi connectivity index (χ3v) is 20.2. The van der Waals surface area contributed by atoms with Crippen LogP contribution < -0.4 is 18.9 Å². The molecule has 0 N–H and O–H groups in total. The molecule has 0 amide bonds. The first-order valence-corrected chi connectivity index (χ1v) is 26.8. The van der Waals surface area contributed by atoms with E-state index in [-0.39, 0.29) is 58.4 Å². The quantitative estimate of drug-likeness (QED) is 0.168. The summed E-state index contributed by atoms with van der Waals surface area (Å²) in [5.74, 6) is 2.75. The highest BCUT2D eigenvalue weighted by Gasteiger charge is 2.68. The van der Waals surface area contributed by atoms with E-state index in [0.717, 1.165) is 74.1 Å². The zero-order valence-corrected chi connectivity index (χ0v) is 43.1. The minimum absolute atomic E-state index is 0.0765. The molecule has 0 aromatic heterocycles. The Morgan fingerprint density at radius 1 is 0.630 bits per heavy atom. The fourth-order valence-electron chi connectivity index (χ4n) is 17.3. The summed E-state index contributed by atoms with van der Waals surface area (Å²) in [4.78, 5) is 0. The fourth-order valence-corrected chi connectivity index (χ4v) is 17.3. The van der Waals surface area contributed by atoms with Gasteiger partial charge in [-0.25, -0.2) is 0 Å². The summed E-state index contributed by atoms with van der Waals surface area (Å²) in [5.41, 5.74) is 5.16. The van der Waals surface area contributed by atoms with E-state index in [1.165, 1.54) is 11.1 Å². The number of benzene rings is 4. The average molecular weight is 981 g/mol. The van der Waals surface area contributed by atoms with Gasteiger partial charge in [-0.15, -0.1) is 0 Å². The molecule has 3 aliphatic heterocycles. The Balaban J connectivity index is 0.835. The Bertz CT molecular complexity index is 3180. The molecule has 9 aliphatic rings. The van der Waals surface area contributed by atoms with Crippen molar-refractivity contribution in [3.8, 4) is 58.8 Å². The summed E-state index contributed by atoms with van der Waals surface area (Å²) in [6.07, 6.45) is 4.71. The Morgan fingerprint density at radius 3 is 1.84 bits per heavy atom. The number of nitriles is 4. The average Bonchev–Trinajstić information content (AvgIpc) is 3.74. The lowest BCUT2D eigenvalue weighted by molar-refractivity contribution is -0.335. The van der Waals surface area contributed by atoms with E-state index in [1.54, 1.807) is 14.2 Å². The van der Waals surface area contributed by atoms with Crippen LogP contribution >= 0.6 is 0 Å². The second-order valence-electron chi connectivity index (χ2n) is 24.5. The van der Waals surface area contributed by atoms with Gasteiger partial charge in [-0.05, 0) is 138 Å². The lowest BCUT2D eigenvalue weighted by Gasteiger charge is -2.59. The van der Waals surface area contributed by atoms with Crippen molar-refractivity contribution >= 4 is 10.8 Å². The van der Waals surface area contributed by atoms with Crippen LogP contribution in [0.2, 0.25) is 0 Å². The maximum absolute atomic E-state index is 11.3. The first-order chi connectivity index (χ1) is 35.2. The predicted octanol–water partition coefficient (Wildman–Crippen LogP) is 11.8. The summed E-state index contributed by atoms with van der Waals surface area (Å²) in [7, 11) is 3.40. The van der Waals surface area contributed by atoms with Crippen molar-refractivity contribution in [1.29, 1.82) is 21.0 Å². The maximum Gasteiger partial charge on any atom is 0.189 e. The number of nitrogens with zero attached hydrogens (tertiary/aromatic N) is 4. The summed E-state index contributed by atoms with van der Waals surface area (Å²) < 4.78 is 55.0. The smallest absolute Gasteiger partial charge is 0.189 e. The molecule has 6 aliphatic carbocycles. The van der Waals surface area contributed by atoms with Crippen LogP contribution in [0.3, 0.4) is 0 Å². The molecule has 4 aromatic carbocycles. The van der Waals surface area contributed by atoms with Crippen LogP contribution in [0, 0.1) is 100 Å². The van der Waals surface area contributed by atoms with Crippen molar-refractivity contribution in [3.05, 3.63) is 81.4 Å². The minimum Gasteiger partial charge on any atom is -0.493 e. The SMILES string of the molecule is COc1cc2ccccc2c(C2C3CCCCC3CC3OC4C(C#N)C5OC6CC7C(CC6OC5C(C#N)C4OC32)C(C)(C)CC72CC(C)(C)c3cc4c(cc32)Oc2c(C#N)c(C)c(C)c(C#N)c2O4)c1OC. The van der Waals surface area contributed by atoms with Crippen molar-refractivity contribution in [2.45, 2.75) is 165 Å². The molecule has 16 unspecified atom stereocenters. The van der Waals surface area contributed by atoms with Gasteiger partial charge in [0, 0.05) is 16.9 Å². The first-order valence-electron chi connectivity index (χ1n) is 26.8. The van der Waals surface area contributed by atoms with Crippen molar-refractivity contribution in [3.63, 3.8) is 0 Å². The summed E-state index contributed by atoms with van der Waals surface area (Å²) in [6.45, 7) is 13.1. The van der Waals surface area contributed by atoms with E-state index in [4.69, 9.17) is 37.9 Å². The number of hydrogen-bond donors (Lipinski definition) is 0. The third kappa shape index (κ3) is 6.53. The van der Waals surface area contributed by atoms with E-state index in [2.05, 4.69) is 88.4 Å². The fraction of sp³-hybridized carbons (Fsp3) is 0.574. The topological polar surface area (TPSA) is 169 Å². The maximum atomic E-state index is 11.3. The monoisotopic (exact) mass is 980 g/mol. The summed E-state index contributed by atoms with van der Waals surface area (Å²) in [6, 6.07) is 24.7. The Morgan fingerprint density at radius 2 is 1.22 bits per heavy atom. The normalized spacial score (nSPS) is 37.5. The van der Waals surface area contributed by atoms with Crippen LogP contribution in [0.4, 0.5) is 0 Å². The van der Waals surface area contributed by atoms with Gasteiger partial charge in [0.05, 0.1) is 50.8 Å². The van der Waals surface area contributed by atoms with Gasteiger partial charge >= 0.3 is 0 Å². The minimum atomic E-state index is -0.727. The molecule has 7 fully saturated rings. The van der Waals surface area contributed by atoms with E-state index >= 15 is 0 Å². The highest BCUT2D eigenvalue weighted by molar-refractivity contribution is 5.91. The van der Waals surface area contributed by atoms with Crippen LogP contribution in [0.15, 0.2) is 42.5 Å². The number of hydrogen-bond acceptors (Lipinski definition) is 12. The largest absolute Gasteiger partial charge is 0.493 e. The molecule has 16 atom stereocenters. The van der Waals surface area contributed by atoms with Gasteiger partial charge in [-0.2, -0.15) is 21.0 Å². The number of rotatable bonds is 3. The van der Waals surface area contributed by atoms with Crippen molar-refractivity contribution in [2.75, 3.05) is 14.2 Å². The molecule has 12 nitrogen and oxygen atoms in total. The molecule has 4 aromatic rings. The molecule has 5 saturated carbocycles. The van der Waals surface area contributed by atoms with Crippen LogP contribution in [-0.2, 0) is 29.8 Å². The lowest BCUT2D eigenvalue weighted by atomic mass is 9.60. The molecular weight excluding hydrogens is 917 g/mol. The second-order valence-corrected chi connectivity index (χ2v) is 24.5. The van der Waals surface area contributed by atoms with Crippen LogP contribution in [-0.4, -0.2) is 63.1 Å². The zero-order chi connectivity index (χ0) is 50.6. The summed E-state index contributed by atoms with van der Waals surface area (Å²) in [5, 5.41) is 45.4. The zero-order valence-electron chi connectivity index (χ0n) is 43.1. The Labute approximate surface area is 428 Å². The van der Waals surface area contributed by atoms with Crippen LogP contribution in [0.5, 0.6) is 34.5 Å². The van der Waals surface area contributed by atoms with Gasteiger partial charge in [0.25, 0.3) is 0 Å². The van der Waals surface area contributed by atoms with Gasteiger partial charge < -0.3 is 37.9 Å². The van der Waals surface area contributed by atoms with Crippen molar-refractivity contribution < 1.29 is 37.9 Å². The molecule has 3 heterocycles. The standard InChI is InChI=1S/C61H64N4O8/c1-29-30(2)36(24-63)52-51(35(29)23-62)68-43-19-39-41(21-45(43)69-52)61(27-59(39,3)4)28-60(5,6)40-20-44-46(22-42(40)61)71-53-37(25-64)55-56(38(26-65)54(53)70-44)73-58-48(72-55)18-32-14-10-12-16-34(32)50(58)49-33-15-11-9-13-31(33)17-47(66-7)57(49)67-8/h9,11,13,15,17,19,21,32,34,37-38,40,42,44,46,48,50,53-56,58H,10,12,14,16,18,20,22,27-28H2,1-8H3. The van der Waals surface area contributed by atoms with Gasteiger partial charge in [0.2, 0.25) is 0 Å². The molecule has 1 spiro atoms. The second kappa shape index (κ2) is 16.6. The van der Waals surface area contributed by atoms with Gasteiger partial charge in [0.15, 0.2) is 34.5 Å². The van der Waals surface area contributed by atoms with Gasteiger partial charge in [-0.1, -0.05) is 71.2 Å². The lowest BCUT2D eigenvalue weighted by Crippen LogP contribution is -2.70. The molecule has 2 saturated heterocycles. The molecule has 13 rings (SSSR count). The van der Waals surface area contributed by atoms with Crippen molar-refractivity contribution in [1.82, 2.24) is 0 Å². The third-order valence-electron chi connectivity index (χ3n) is 20.2. The summed E-state index contributed by atoms with van der Waals surface area (Å²) >= 11 is 0. The Hall–Kier alpha value is -5.86. The van der Waals surface area contributed by atoms with Crippen LogP contribution in [0.1, 0.15) is 130 Å². The van der Waals surface area contributed by atoms with E-state index in [1.807, 2.05) is 19.9 Å². The molecule has 0 bridgehead atoms.